The molecule has 0 amide bonds. The smallest absolute Gasteiger partial charge is 0.0702 e. The van der Waals surface area contributed by atoms with Gasteiger partial charge in [0.05, 0.1) is 11.0 Å². The van der Waals surface area contributed by atoms with Crippen molar-refractivity contribution in [3.63, 3.8) is 0 Å². The Morgan fingerprint density at radius 1 is 0.333 bits per heavy atom. The highest BCUT2D eigenvalue weighted by Gasteiger charge is 2.05. The highest BCUT2D eigenvalue weighted by atomic mass is 14.7. The Morgan fingerprint density at radius 2 is 0.738 bits per heavy atom. The zero-order valence-corrected chi connectivity index (χ0v) is 22.9. The van der Waals surface area contributed by atoms with Crippen molar-refractivity contribution in [2.75, 3.05) is 0 Å². The van der Waals surface area contributed by atoms with Crippen LogP contribution < -0.4 is 0 Å². The van der Waals surface area contributed by atoms with Crippen molar-refractivity contribution in [2.45, 2.75) is 0 Å². The summed E-state index contributed by atoms with van der Waals surface area (Å²) < 4.78 is 0. The number of benzene rings is 6. The van der Waals surface area contributed by atoms with Crippen LogP contribution in [0.1, 0.15) is 11.1 Å². The molecule has 6 aromatic carbocycles. The molecule has 0 aliphatic carbocycles. The molecule has 8 aromatic rings. The van der Waals surface area contributed by atoms with Crippen molar-refractivity contribution in [1.82, 2.24) is 9.97 Å². The van der Waals surface area contributed by atoms with E-state index in [1.807, 2.05) is 36.7 Å². The SMILES string of the molecule is C(=Cc1ccc2cc(-c3cnc4ccccc4c3)ccc2c1)c1ccc2cc(-c3cnc4ccccc4c3)ccc2c1. The maximum atomic E-state index is 4.64. The summed E-state index contributed by atoms with van der Waals surface area (Å²) in [6.07, 6.45) is 8.31. The summed E-state index contributed by atoms with van der Waals surface area (Å²) >= 11 is 0. The molecule has 2 aromatic heterocycles. The summed E-state index contributed by atoms with van der Waals surface area (Å²) in [6, 6.07) is 47.5. The second kappa shape index (κ2) is 10.1. The fourth-order valence-corrected chi connectivity index (χ4v) is 5.75. The molecule has 42 heavy (non-hydrogen) atoms. The van der Waals surface area contributed by atoms with Crippen LogP contribution in [0.2, 0.25) is 0 Å². The number of hydrogen-bond acceptors (Lipinski definition) is 2. The van der Waals surface area contributed by atoms with Gasteiger partial charge in [-0.1, -0.05) is 97.1 Å². The summed E-state index contributed by atoms with van der Waals surface area (Å²) in [5.41, 5.74) is 9.04. The average Bonchev–Trinajstić information content (AvgIpc) is 3.06. The van der Waals surface area contributed by atoms with E-state index in [0.717, 1.165) is 32.9 Å². The molecule has 8 rings (SSSR count). The highest BCUT2D eigenvalue weighted by Crippen LogP contribution is 2.29. The molecule has 0 N–H and O–H groups in total. The number of nitrogens with zero attached hydrogens (tertiary/aromatic N) is 2. The summed E-state index contributed by atoms with van der Waals surface area (Å²) in [7, 11) is 0. The van der Waals surface area contributed by atoms with Gasteiger partial charge in [-0.3, -0.25) is 9.97 Å². The van der Waals surface area contributed by atoms with Gasteiger partial charge in [0, 0.05) is 34.3 Å². The highest BCUT2D eigenvalue weighted by molar-refractivity contribution is 5.93. The van der Waals surface area contributed by atoms with E-state index >= 15 is 0 Å². The van der Waals surface area contributed by atoms with Crippen LogP contribution in [0.4, 0.5) is 0 Å². The quantitative estimate of drug-likeness (QED) is 0.210. The molecule has 0 atom stereocenters. The minimum atomic E-state index is 1.02. The molecule has 2 heteroatoms. The van der Waals surface area contributed by atoms with E-state index in [0.29, 0.717) is 0 Å². The van der Waals surface area contributed by atoms with E-state index in [9.17, 15) is 0 Å². The average molecular weight is 535 g/mol. The van der Waals surface area contributed by atoms with Crippen LogP contribution in [0, 0.1) is 0 Å². The molecule has 0 spiro atoms. The zero-order valence-electron chi connectivity index (χ0n) is 22.9. The monoisotopic (exact) mass is 534 g/mol. The first kappa shape index (κ1) is 24.2. The summed E-state index contributed by atoms with van der Waals surface area (Å²) in [5, 5.41) is 7.22. The van der Waals surface area contributed by atoms with Crippen molar-refractivity contribution >= 4 is 55.5 Å². The third-order valence-electron chi connectivity index (χ3n) is 8.04. The van der Waals surface area contributed by atoms with Gasteiger partial charge in [-0.25, -0.2) is 0 Å². The number of rotatable bonds is 4. The van der Waals surface area contributed by atoms with E-state index < -0.39 is 0 Å². The fraction of sp³-hybridized carbons (Fsp3) is 0. The Bertz CT molecular complexity index is 2150. The van der Waals surface area contributed by atoms with Gasteiger partial charge in [0.1, 0.15) is 0 Å². The Hall–Kier alpha value is -5.60. The summed E-state index contributed by atoms with van der Waals surface area (Å²) in [4.78, 5) is 9.28. The minimum absolute atomic E-state index is 1.02. The normalized spacial score (nSPS) is 11.7. The second-order valence-corrected chi connectivity index (χ2v) is 10.8. The fourth-order valence-electron chi connectivity index (χ4n) is 5.75. The molecule has 2 nitrogen and oxygen atoms in total. The van der Waals surface area contributed by atoms with Crippen LogP contribution in [0.5, 0.6) is 0 Å². The van der Waals surface area contributed by atoms with E-state index in [1.54, 1.807) is 0 Å². The first-order valence-corrected chi connectivity index (χ1v) is 14.2. The van der Waals surface area contributed by atoms with Crippen LogP contribution in [0.15, 0.2) is 146 Å². The van der Waals surface area contributed by atoms with Gasteiger partial charge in [0.25, 0.3) is 0 Å². The van der Waals surface area contributed by atoms with Gasteiger partial charge in [-0.2, -0.15) is 0 Å². The molecule has 0 radical (unpaired) electrons. The summed E-state index contributed by atoms with van der Waals surface area (Å²) in [5.74, 6) is 0. The molecule has 0 aliphatic rings. The van der Waals surface area contributed by atoms with Gasteiger partial charge in [-0.05, 0) is 92.3 Å². The van der Waals surface area contributed by atoms with Gasteiger partial charge >= 0.3 is 0 Å². The van der Waals surface area contributed by atoms with Gasteiger partial charge in [0.15, 0.2) is 0 Å². The predicted molar refractivity (Wildman–Crippen MR) is 178 cm³/mol. The number of pyridine rings is 2. The Kier molecular flexibility index (Phi) is 5.82. The number of aromatic nitrogens is 2. The minimum Gasteiger partial charge on any atom is -0.256 e. The van der Waals surface area contributed by atoms with Gasteiger partial charge in [0.2, 0.25) is 0 Å². The molecular formula is C40H26N2. The molecule has 0 aliphatic heterocycles. The lowest BCUT2D eigenvalue weighted by Crippen LogP contribution is -1.84. The van der Waals surface area contributed by atoms with Crippen LogP contribution in [-0.2, 0) is 0 Å². The molecule has 196 valence electrons. The van der Waals surface area contributed by atoms with Crippen LogP contribution in [0.3, 0.4) is 0 Å². The van der Waals surface area contributed by atoms with E-state index in [2.05, 4.69) is 131 Å². The van der Waals surface area contributed by atoms with E-state index in [1.165, 1.54) is 43.8 Å². The zero-order chi connectivity index (χ0) is 27.9. The van der Waals surface area contributed by atoms with Crippen molar-refractivity contribution < 1.29 is 0 Å². The predicted octanol–water partition coefficient (Wildman–Crippen LogP) is 10.6. The largest absolute Gasteiger partial charge is 0.256 e. The lowest BCUT2D eigenvalue weighted by atomic mass is 9.99. The van der Waals surface area contributed by atoms with E-state index in [4.69, 9.17) is 0 Å². The molecular weight excluding hydrogens is 508 g/mol. The molecule has 0 unspecified atom stereocenters. The van der Waals surface area contributed by atoms with E-state index in [-0.39, 0.29) is 0 Å². The van der Waals surface area contributed by atoms with Gasteiger partial charge in [-0.15, -0.1) is 0 Å². The van der Waals surface area contributed by atoms with Gasteiger partial charge < -0.3 is 0 Å². The van der Waals surface area contributed by atoms with Crippen LogP contribution in [-0.4, -0.2) is 9.97 Å². The summed E-state index contributed by atoms with van der Waals surface area (Å²) in [6.45, 7) is 0. The second-order valence-electron chi connectivity index (χ2n) is 10.8. The first-order valence-electron chi connectivity index (χ1n) is 14.2. The van der Waals surface area contributed by atoms with Crippen molar-refractivity contribution in [3.05, 3.63) is 157 Å². The molecule has 0 bridgehead atoms. The Labute approximate surface area is 244 Å². The number of hydrogen-bond donors (Lipinski definition) is 0. The number of para-hydroxylation sites is 2. The lowest BCUT2D eigenvalue weighted by molar-refractivity contribution is 1.41. The van der Waals surface area contributed by atoms with Crippen molar-refractivity contribution in [3.8, 4) is 22.3 Å². The molecule has 0 saturated carbocycles. The Morgan fingerprint density at radius 3 is 1.24 bits per heavy atom. The van der Waals surface area contributed by atoms with Crippen molar-refractivity contribution in [2.24, 2.45) is 0 Å². The first-order chi connectivity index (χ1) is 20.7. The Balaban J connectivity index is 1.04. The number of fused-ring (bicyclic) bond motifs is 4. The maximum Gasteiger partial charge on any atom is 0.0702 e. The molecule has 0 fully saturated rings. The van der Waals surface area contributed by atoms with Crippen LogP contribution in [0.25, 0.3) is 77.8 Å². The molecule has 2 heterocycles. The van der Waals surface area contributed by atoms with Crippen molar-refractivity contribution in [1.29, 1.82) is 0 Å². The third kappa shape index (κ3) is 4.59. The topological polar surface area (TPSA) is 25.8 Å². The standard InChI is InChI=1S/C40H26N2/c1-3-7-39-35(5-1)23-37(25-41-39)33-17-15-29-19-27(11-13-31(29)21-33)9-10-28-12-14-32-22-34(18-16-30(32)20-28)38-24-36-6-2-4-8-40(36)42-26-38/h1-26H. The third-order valence-corrected chi connectivity index (χ3v) is 8.04. The lowest BCUT2D eigenvalue weighted by Gasteiger charge is -2.07. The molecule has 0 saturated heterocycles. The van der Waals surface area contributed by atoms with Crippen LogP contribution >= 0.6 is 0 Å². The maximum absolute atomic E-state index is 4.64.